The van der Waals surface area contributed by atoms with Crippen molar-refractivity contribution >= 4 is 5.97 Å². The highest BCUT2D eigenvalue weighted by Crippen LogP contribution is 2.37. The highest BCUT2D eigenvalue weighted by molar-refractivity contribution is 5.91. The minimum atomic E-state index is -1.12. The van der Waals surface area contributed by atoms with Gasteiger partial charge in [-0.2, -0.15) is 0 Å². The molecule has 0 aliphatic carbocycles. The van der Waals surface area contributed by atoms with Crippen LogP contribution < -0.4 is 0 Å². The lowest BCUT2D eigenvalue weighted by Crippen LogP contribution is -2.07. The smallest absolute Gasteiger partial charge is 0.339 e. The molecule has 132 valence electrons. The molecule has 3 rings (SSSR count). The zero-order valence-corrected chi connectivity index (χ0v) is 14.9. The maximum Gasteiger partial charge on any atom is 0.339 e. The summed E-state index contributed by atoms with van der Waals surface area (Å²) in [6.45, 7) is 4.03. The summed E-state index contributed by atoms with van der Waals surface area (Å²) in [6, 6.07) is 23.2. The molecular formula is C23H22O3. The van der Waals surface area contributed by atoms with Crippen LogP contribution in [0.25, 0.3) is 0 Å². The van der Waals surface area contributed by atoms with Crippen LogP contribution in [0.5, 0.6) is 5.75 Å². The Hall–Kier alpha value is -3.07. The molecule has 3 nitrogen and oxygen atoms in total. The molecule has 2 atom stereocenters. The first-order valence-electron chi connectivity index (χ1n) is 8.69. The maximum absolute atomic E-state index is 11.7. The van der Waals surface area contributed by atoms with Crippen LogP contribution in [0.15, 0.2) is 72.8 Å². The zero-order chi connectivity index (χ0) is 18.7. The molecule has 0 fully saturated rings. The number of hydrogen-bond donors (Lipinski definition) is 2. The molecule has 0 aliphatic rings. The van der Waals surface area contributed by atoms with Gasteiger partial charge in [0.25, 0.3) is 0 Å². The molecule has 0 radical (unpaired) electrons. The molecule has 0 aromatic heterocycles. The lowest BCUT2D eigenvalue weighted by atomic mass is 9.85. The van der Waals surface area contributed by atoms with E-state index in [1.807, 2.05) is 80.6 Å². The first-order chi connectivity index (χ1) is 12.5. The number of phenols is 1. The minimum absolute atomic E-state index is 0.0247. The van der Waals surface area contributed by atoms with E-state index in [0.717, 1.165) is 16.7 Å². The number of aromatic carboxylic acids is 1. The van der Waals surface area contributed by atoms with E-state index >= 15 is 0 Å². The van der Waals surface area contributed by atoms with Gasteiger partial charge in [0.1, 0.15) is 11.3 Å². The molecular weight excluding hydrogens is 324 g/mol. The van der Waals surface area contributed by atoms with E-state index in [1.165, 1.54) is 0 Å². The van der Waals surface area contributed by atoms with Crippen molar-refractivity contribution in [2.45, 2.75) is 25.7 Å². The van der Waals surface area contributed by atoms with Gasteiger partial charge in [0, 0.05) is 17.4 Å². The summed E-state index contributed by atoms with van der Waals surface area (Å²) in [5.41, 5.74) is 3.60. The molecule has 3 heteroatoms. The standard InChI is InChI=1S/C23H22O3/c1-15(17-9-5-3-6-10-17)19-13-20(22(24)21(14-19)23(25)26)16(2)18-11-7-4-8-12-18/h3-16,24H,1-2H3,(H,25,26)/t15-,16+/m1/s1. The van der Waals surface area contributed by atoms with Crippen molar-refractivity contribution in [3.63, 3.8) is 0 Å². The Morgan fingerprint density at radius 3 is 1.77 bits per heavy atom. The predicted octanol–water partition coefficient (Wildman–Crippen LogP) is 5.39. The van der Waals surface area contributed by atoms with Crippen molar-refractivity contribution < 1.29 is 15.0 Å². The Kier molecular flexibility index (Phi) is 5.08. The van der Waals surface area contributed by atoms with E-state index in [4.69, 9.17) is 0 Å². The quantitative estimate of drug-likeness (QED) is 0.651. The number of aromatic hydroxyl groups is 1. The number of benzene rings is 3. The van der Waals surface area contributed by atoms with Crippen molar-refractivity contribution in [1.29, 1.82) is 0 Å². The largest absolute Gasteiger partial charge is 0.507 e. The van der Waals surface area contributed by atoms with Crippen LogP contribution in [0.1, 0.15) is 58.3 Å². The number of rotatable bonds is 5. The topological polar surface area (TPSA) is 57.5 Å². The molecule has 0 spiro atoms. The normalized spacial score (nSPS) is 13.2. The van der Waals surface area contributed by atoms with Gasteiger partial charge in [-0.05, 0) is 22.8 Å². The third-order valence-corrected chi connectivity index (χ3v) is 4.96. The molecule has 0 aliphatic heterocycles. The Morgan fingerprint density at radius 1 is 0.769 bits per heavy atom. The van der Waals surface area contributed by atoms with Crippen molar-refractivity contribution in [2.24, 2.45) is 0 Å². The van der Waals surface area contributed by atoms with Crippen molar-refractivity contribution in [3.05, 3.63) is 101 Å². The van der Waals surface area contributed by atoms with Gasteiger partial charge in [-0.25, -0.2) is 4.79 Å². The average molecular weight is 346 g/mol. The number of hydrogen-bond acceptors (Lipinski definition) is 2. The second-order valence-electron chi connectivity index (χ2n) is 6.58. The third-order valence-electron chi connectivity index (χ3n) is 4.96. The van der Waals surface area contributed by atoms with E-state index in [0.29, 0.717) is 5.56 Å². The van der Waals surface area contributed by atoms with E-state index in [-0.39, 0.29) is 23.1 Å². The molecule has 3 aromatic rings. The Morgan fingerprint density at radius 2 is 1.27 bits per heavy atom. The summed E-state index contributed by atoms with van der Waals surface area (Å²) in [6.07, 6.45) is 0. The fourth-order valence-corrected chi connectivity index (χ4v) is 3.28. The van der Waals surface area contributed by atoms with E-state index < -0.39 is 5.97 Å². The first kappa shape index (κ1) is 17.7. The lowest BCUT2D eigenvalue weighted by molar-refractivity contribution is 0.0693. The monoisotopic (exact) mass is 346 g/mol. The van der Waals surface area contributed by atoms with Gasteiger partial charge in [0.2, 0.25) is 0 Å². The van der Waals surface area contributed by atoms with Crippen LogP contribution >= 0.6 is 0 Å². The van der Waals surface area contributed by atoms with Crippen molar-refractivity contribution in [3.8, 4) is 5.75 Å². The van der Waals surface area contributed by atoms with Crippen molar-refractivity contribution in [2.75, 3.05) is 0 Å². The molecule has 0 heterocycles. The van der Waals surface area contributed by atoms with Crippen LogP contribution in [0.4, 0.5) is 0 Å². The van der Waals surface area contributed by atoms with E-state index in [2.05, 4.69) is 0 Å². The van der Waals surface area contributed by atoms with Gasteiger partial charge in [-0.15, -0.1) is 0 Å². The summed E-state index contributed by atoms with van der Waals surface area (Å²) in [5, 5.41) is 20.1. The molecule has 0 unspecified atom stereocenters. The molecule has 0 saturated heterocycles. The SMILES string of the molecule is C[C@H](c1ccccc1)c1cc(C(=O)O)c(O)c([C@@H](C)c2ccccc2)c1. The number of carboxylic acids is 1. The second-order valence-corrected chi connectivity index (χ2v) is 6.58. The molecule has 26 heavy (non-hydrogen) atoms. The van der Waals surface area contributed by atoms with Gasteiger partial charge >= 0.3 is 5.97 Å². The van der Waals surface area contributed by atoms with Crippen LogP contribution in [0, 0.1) is 0 Å². The van der Waals surface area contributed by atoms with Gasteiger partial charge in [-0.3, -0.25) is 0 Å². The summed E-state index contributed by atoms with van der Waals surface area (Å²) in [7, 11) is 0. The van der Waals surface area contributed by atoms with Gasteiger partial charge in [0.05, 0.1) is 0 Å². The van der Waals surface area contributed by atoms with Crippen LogP contribution in [0.3, 0.4) is 0 Å². The van der Waals surface area contributed by atoms with Gasteiger partial charge in [0.15, 0.2) is 0 Å². The fourth-order valence-electron chi connectivity index (χ4n) is 3.28. The summed E-state index contributed by atoms with van der Waals surface area (Å²) in [4.78, 5) is 11.7. The molecule has 2 N–H and O–H groups in total. The first-order valence-corrected chi connectivity index (χ1v) is 8.69. The number of carboxylic acid groups (broad SMARTS) is 1. The second kappa shape index (κ2) is 7.44. The van der Waals surface area contributed by atoms with E-state index in [9.17, 15) is 15.0 Å². The highest BCUT2D eigenvalue weighted by atomic mass is 16.4. The predicted molar refractivity (Wildman–Crippen MR) is 103 cm³/mol. The number of carbonyl (C=O) groups is 1. The Balaban J connectivity index is 2.12. The zero-order valence-electron chi connectivity index (χ0n) is 14.9. The molecule has 3 aromatic carbocycles. The van der Waals surface area contributed by atoms with Crippen LogP contribution in [-0.2, 0) is 0 Å². The van der Waals surface area contributed by atoms with E-state index in [1.54, 1.807) is 6.07 Å². The van der Waals surface area contributed by atoms with Gasteiger partial charge < -0.3 is 10.2 Å². The molecule has 0 amide bonds. The van der Waals surface area contributed by atoms with Crippen molar-refractivity contribution in [1.82, 2.24) is 0 Å². The van der Waals surface area contributed by atoms with Crippen LogP contribution in [-0.4, -0.2) is 16.2 Å². The highest BCUT2D eigenvalue weighted by Gasteiger charge is 2.22. The summed E-state index contributed by atoms with van der Waals surface area (Å²) >= 11 is 0. The fraction of sp³-hybridized carbons (Fsp3) is 0.174. The summed E-state index contributed by atoms with van der Waals surface area (Å²) < 4.78 is 0. The molecule has 0 bridgehead atoms. The Labute approximate surface area is 153 Å². The lowest BCUT2D eigenvalue weighted by Gasteiger charge is -2.20. The minimum Gasteiger partial charge on any atom is -0.507 e. The van der Waals surface area contributed by atoms with Crippen LogP contribution in [0.2, 0.25) is 0 Å². The molecule has 0 saturated carbocycles. The third kappa shape index (κ3) is 3.47. The Bertz CT molecular complexity index is 901. The van der Waals surface area contributed by atoms with Gasteiger partial charge in [-0.1, -0.05) is 80.6 Å². The average Bonchev–Trinajstić information content (AvgIpc) is 2.68. The summed E-state index contributed by atoms with van der Waals surface area (Å²) in [5.74, 6) is -1.36. The maximum atomic E-state index is 11.7.